The lowest BCUT2D eigenvalue weighted by Crippen LogP contribution is -2.35. The summed E-state index contributed by atoms with van der Waals surface area (Å²) in [4.78, 5) is 24.3. The fourth-order valence-electron chi connectivity index (χ4n) is 4.07. The fraction of sp³-hybridized carbons (Fsp3) is 0.385. The molecule has 1 heterocycles. The summed E-state index contributed by atoms with van der Waals surface area (Å²) < 4.78 is 35.4. The second-order valence-corrected chi connectivity index (χ2v) is 10.6. The average molecular weight is 518 g/mol. The van der Waals surface area contributed by atoms with Crippen molar-refractivity contribution in [3.63, 3.8) is 0 Å². The minimum atomic E-state index is -3.60. The molecule has 1 aliphatic heterocycles. The van der Waals surface area contributed by atoms with Crippen LogP contribution in [-0.2, 0) is 31.9 Å². The van der Waals surface area contributed by atoms with Gasteiger partial charge in [-0.1, -0.05) is 29.8 Å². The van der Waals surface area contributed by atoms with E-state index in [2.05, 4.69) is 5.09 Å². The van der Waals surface area contributed by atoms with Gasteiger partial charge in [0, 0.05) is 11.1 Å². The van der Waals surface area contributed by atoms with Crippen molar-refractivity contribution >= 4 is 19.5 Å². The Bertz CT molecular complexity index is 1210. The molecule has 0 aliphatic carbocycles. The lowest BCUT2D eigenvalue weighted by molar-refractivity contribution is -0.144. The summed E-state index contributed by atoms with van der Waals surface area (Å²) in [6.07, 6.45) is 1.98. The number of rotatable bonds is 11. The molecule has 0 bridgehead atoms. The first-order valence-corrected chi connectivity index (χ1v) is 13.4. The predicted octanol–water partition coefficient (Wildman–Crippen LogP) is 4.68. The van der Waals surface area contributed by atoms with Gasteiger partial charge in [-0.3, -0.25) is 9.36 Å². The number of benzene rings is 2. The summed E-state index contributed by atoms with van der Waals surface area (Å²) in [5.74, 6) is -0.438. The first kappa shape index (κ1) is 27.3. The minimum Gasteiger partial charge on any atom is -0.507 e. The highest BCUT2D eigenvalue weighted by Crippen LogP contribution is 2.46. The van der Waals surface area contributed by atoms with E-state index in [0.29, 0.717) is 28.2 Å². The van der Waals surface area contributed by atoms with Gasteiger partial charge in [0.1, 0.15) is 35.5 Å². The Morgan fingerprint density at radius 2 is 2.00 bits per heavy atom. The Labute approximate surface area is 210 Å². The molecule has 0 saturated carbocycles. The van der Waals surface area contributed by atoms with Crippen molar-refractivity contribution in [2.45, 2.75) is 46.8 Å². The summed E-state index contributed by atoms with van der Waals surface area (Å²) in [5, 5.41) is 13.7. The molecule has 9 nitrogen and oxygen atoms in total. The zero-order valence-electron chi connectivity index (χ0n) is 21.1. The molecule has 0 saturated heterocycles. The SMILES string of the molecule is CCOC(=O)C(C)NP(=O)(C/C(C)=C/Cc1c(O)c2c(c(C)c1OC)COC2=O)Oc1ccccc1. The number of cyclic esters (lactones) is 1. The van der Waals surface area contributed by atoms with Gasteiger partial charge in [0.25, 0.3) is 0 Å². The Morgan fingerprint density at radius 1 is 1.31 bits per heavy atom. The highest BCUT2D eigenvalue weighted by molar-refractivity contribution is 7.57. The summed E-state index contributed by atoms with van der Waals surface area (Å²) in [5.41, 5.74) is 2.59. The summed E-state index contributed by atoms with van der Waals surface area (Å²) in [7, 11) is -2.11. The predicted molar refractivity (Wildman–Crippen MR) is 135 cm³/mol. The van der Waals surface area contributed by atoms with Crippen molar-refractivity contribution in [1.29, 1.82) is 0 Å². The molecule has 2 aromatic rings. The molecule has 0 aromatic heterocycles. The normalized spacial score (nSPS) is 15.5. The number of methoxy groups -OCH3 is 1. The van der Waals surface area contributed by atoms with E-state index < -0.39 is 25.5 Å². The lowest BCUT2D eigenvalue weighted by atomic mass is 9.95. The number of nitrogens with one attached hydrogen (secondary N) is 1. The van der Waals surface area contributed by atoms with Crippen molar-refractivity contribution < 1.29 is 38.0 Å². The van der Waals surface area contributed by atoms with Crippen LogP contribution in [0, 0.1) is 6.92 Å². The largest absolute Gasteiger partial charge is 0.507 e. The van der Waals surface area contributed by atoms with E-state index in [1.807, 2.05) is 13.0 Å². The zero-order chi connectivity index (χ0) is 26.5. The van der Waals surface area contributed by atoms with Crippen LogP contribution in [-0.4, -0.2) is 43.0 Å². The van der Waals surface area contributed by atoms with Crippen molar-refractivity contribution in [1.82, 2.24) is 5.09 Å². The van der Waals surface area contributed by atoms with Crippen molar-refractivity contribution in [3.8, 4) is 17.2 Å². The van der Waals surface area contributed by atoms with E-state index in [0.717, 1.165) is 5.56 Å². The number of carbonyl (C=O) groups excluding carboxylic acids is 2. The average Bonchev–Trinajstić information content (AvgIpc) is 3.22. The maximum absolute atomic E-state index is 13.8. The lowest BCUT2D eigenvalue weighted by Gasteiger charge is -2.24. The molecular weight excluding hydrogens is 485 g/mol. The van der Waals surface area contributed by atoms with Crippen LogP contribution in [0.25, 0.3) is 0 Å². The molecule has 36 heavy (non-hydrogen) atoms. The molecule has 10 heteroatoms. The number of phenols is 1. The van der Waals surface area contributed by atoms with Crippen LogP contribution in [0.1, 0.15) is 47.8 Å². The van der Waals surface area contributed by atoms with Gasteiger partial charge in [-0.05, 0) is 51.8 Å². The van der Waals surface area contributed by atoms with Crippen molar-refractivity contribution in [3.05, 3.63) is 64.2 Å². The summed E-state index contributed by atoms with van der Waals surface area (Å²) in [6, 6.07) is 7.82. The number of esters is 2. The molecule has 2 unspecified atom stereocenters. The summed E-state index contributed by atoms with van der Waals surface area (Å²) >= 11 is 0. The van der Waals surface area contributed by atoms with Gasteiger partial charge >= 0.3 is 19.5 Å². The van der Waals surface area contributed by atoms with Gasteiger partial charge in [0.15, 0.2) is 0 Å². The van der Waals surface area contributed by atoms with Crippen LogP contribution in [0.2, 0.25) is 0 Å². The number of aromatic hydroxyl groups is 1. The third kappa shape index (κ3) is 6.09. The van der Waals surface area contributed by atoms with Crippen LogP contribution in [0.4, 0.5) is 0 Å². The van der Waals surface area contributed by atoms with Gasteiger partial charge in [0.2, 0.25) is 0 Å². The number of phenolic OH excluding ortho intramolecular Hbond substituents is 1. The maximum atomic E-state index is 13.8. The number of ether oxygens (including phenoxy) is 3. The fourth-order valence-corrected chi connectivity index (χ4v) is 6.22. The summed E-state index contributed by atoms with van der Waals surface area (Å²) in [6.45, 7) is 7.13. The van der Waals surface area contributed by atoms with Crippen molar-refractivity contribution in [2.75, 3.05) is 19.9 Å². The molecule has 2 N–H and O–H groups in total. The van der Waals surface area contributed by atoms with Gasteiger partial charge in [-0.25, -0.2) is 9.88 Å². The Kier molecular flexibility index (Phi) is 8.82. The highest BCUT2D eigenvalue weighted by Gasteiger charge is 2.33. The van der Waals surface area contributed by atoms with E-state index in [9.17, 15) is 19.3 Å². The number of hydrogen-bond acceptors (Lipinski definition) is 8. The quantitative estimate of drug-likeness (QED) is 0.249. The maximum Gasteiger partial charge on any atom is 0.342 e. The van der Waals surface area contributed by atoms with E-state index in [4.69, 9.17) is 18.7 Å². The number of hydrogen-bond donors (Lipinski definition) is 2. The van der Waals surface area contributed by atoms with Gasteiger partial charge in [-0.15, -0.1) is 0 Å². The van der Waals surface area contributed by atoms with E-state index >= 15 is 0 Å². The number of carbonyl (C=O) groups is 2. The van der Waals surface area contributed by atoms with E-state index in [1.54, 1.807) is 51.1 Å². The molecule has 2 atom stereocenters. The Hall–Kier alpha value is -3.29. The van der Waals surface area contributed by atoms with Crippen LogP contribution < -0.4 is 14.3 Å². The van der Waals surface area contributed by atoms with Gasteiger partial charge in [-0.2, -0.15) is 0 Å². The first-order chi connectivity index (χ1) is 17.1. The molecule has 2 aromatic carbocycles. The molecule has 0 spiro atoms. The number of fused-ring (bicyclic) bond motifs is 1. The molecule has 0 radical (unpaired) electrons. The van der Waals surface area contributed by atoms with E-state index in [-0.39, 0.29) is 37.1 Å². The van der Waals surface area contributed by atoms with Crippen LogP contribution in [0.5, 0.6) is 17.2 Å². The third-order valence-corrected chi connectivity index (χ3v) is 7.99. The van der Waals surface area contributed by atoms with Crippen molar-refractivity contribution in [2.24, 2.45) is 0 Å². The minimum absolute atomic E-state index is 0.0132. The van der Waals surface area contributed by atoms with Crippen LogP contribution >= 0.6 is 7.52 Å². The molecule has 3 rings (SSSR count). The second-order valence-electron chi connectivity index (χ2n) is 8.51. The van der Waals surface area contributed by atoms with Gasteiger partial charge < -0.3 is 23.8 Å². The standard InChI is InChI=1S/C26H32NO8P/c1-6-33-25(29)18(4)27-36(31,35-19-10-8-7-9-11-19)15-16(2)12-13-20-23(28)22-21(14-34-26(22)30)17(3)24(20)32-5/h7-12,18,28H,6,13-15H2,1-5H3,(H,27,31)/b16-12+. The molecule has 194 valence electrons. The molecule has 1 aliphatic rings. The number of para-hydroxylation sites is 1. The molecule has 0 amide bonds. The topological polar surface area (TPSA) is 120 Å². The highest BCUT2D eigenvalue weighted by atomic mass is 31.2. The monoisotopic (exact) mass is 517 g/mol. The van der Waals surface area contributed by atoms with Crippen LogP contribution in [0.3, 0.4) is 0 Å². The third-order valence-electron chi connectivity index (χ3n) is 5.79. The number of allylic oxidation sites excluding steroid dienone is 2. The Morgan fingerprint density at radius 3 is 2.64 bits per heavy atom. The second kappa shape index (κ2) is 11.6. The molecular formula is C26H32NO8P. The Balaban J connectivity index is 1.88. The van der Waals surface area contributed by atoms with Crippen LogP contribution in [0.15, 0.2) is 42.0 Å². The van der Waals surface area contributed by atoms with E-state index in [1.165, 1.54) is 7.11 Å². The van der Waals surface area contributed by atoms with Gasteiger partial charge in [0.05, 0.1) is 19.9 Å². The smallest absolute Gasteiger partial charge is 0.342 e. The molecule has 0 fully saturated rings. The first-order valence-electron chi connectivity index (χ1n) is 11.6. The zero-order valence-corrected chi connectivity index (χ0v) is 22.0.